The Balaban J connectivity index is 1.26. The Kier molecular flexibility index (Phi) is 9.53. The predicted molar refractivity (Wildman–Crippen MR) is 293 cm³/mol. The standard InChI is InChI=1S/C64H64N2Si/c1-61(2,3)41-23-29-49-50-30-24-42(62(4,5)6)36-56(50)65(55(49)35-41)45-27-33-59-53(39-45)54-40-46(28-34-60(54)67(59,47-19-15-13-16-20-47)48-21-17-14-18-22-48)66-57-37-43(63(7,8)9)25-31-51(57)52-32-26-44(38-58(52)66)64(10,11)12/h13-40H,1-12H3. The molecule has 10 aromatic rings. The van der Waals surface area contributed by atoms with Gasteiger partial charge in [-0.1, -0.05) is 204 Å². The van der Waals surface area contributed by atoms with E-state index in [0.29, 0.717) is 0 Å². The van der Waals surface area contributed by atoms with Crippen LogP contribution in [0.15, 0.2) is 170 Å². The third kappa shape index (κ3) is 6.71. The lowest BCUT2D eigenvalue weighted by atomic mass is 9.86. The largest absolute Gasteiger partial charge is 0.309 e. The molecule has 0 saturated heterocycles. The minimum absolute atomic E-state index is 0.00396. The van der Waals surface area contributed by atoms with Crippen molar-refractivity contribution >= 4 is 72.4 Å². The molecule has 334 valence electrons. The van der Waals surface area contributed by atoms with E-state index in [2.05, 4.69) is 262 Å². The first kappa shape index (κ1) is 43.2. The number of hydrogen-bond acceptors (Lipinski definition) is 0. The summed E-state index contributed by atoms with van der Waals surface area (Å²) in [5.74, 6) is 0. The Morgan fingerprint density at radius 2 is 0.582 bits per heavy atom. The van der Waals surface area contributed by atoms with Crippen molar-refractivity contribution < 1.29 is 0 Å². The van der Waals surface area contributed by atoms with Crippen LogP contribution < -0.4 is 20.7 Å². The fourth-order valence-electron chi connectivity index (χ4n) is 11.2. The second-order valence-electron chi connectivity index (χ2n) is 23.5. The van der Waals surface area contributed by atoms with Crippen molar-refractivity contribution in [3.8, 4) is 22.5 Å². The topological polar surface area (TPSA) is 9.86 Å². The fourth-order valence-corrected chi connectivity index (χ4v) is 16.4. The Morgan fingerprint density at radius 1 is 0.299 bits per heavy atom. The van der Waals surface area contributed by atoms with E-state index in [9.17, 15) is 0 Å². The highest BCUT2D eigenvalue weighted by atomic mass is 28.3. The SMILES string of the molecule is CC(C)(C)c1ccc2c3ccc(C(C)(C)C)cc3n(-c3ccc4c(c3)-c3cc(-n5c6cc(C(C)(C)C)ccc6c6ccc(C(C)(C)C)cc65)ccc3[Si]4(c3ccccc3)c3ccccc3)c2c1. The first-order valence-electron chi connectivity index (χ1n) is 24.3. The Bertz CT molecular complexity index is 3210. The lowest BCUT2D eigenvalue weighted by Gasteiger charge is -2.31. The van der Waals surface area contributed by atoms with Crippen molar-refractivity contribution in [2.24, 2.45) is 0 Å². The van der Waals surface area contributed by atoms with Crippen LogP contribution in [0.5, 0.6) is 0 Å². The van der Waals surface area contributed by atoms with E-state index < -0.39 is 8.07 Å². The van der Waals surface area contributed by atoms with Gasteiger partial charge in [0, 0.05) is 32.9 Å². The molecular formula is C64H64N2Si. The van der Waals surface area contributed by atoms with E-state index in [1.807, 2.05) is 0 Å². The predicted octanol–water partition coefficient (Wildman–Crippen LogP) is 14.4. The minimum atomic E-state index is -2.81. The maximum atomic E-state index is 2.57. The number of benzene rings is 8. The average molecular weight is 889 g/mol. The Hall–Kier alpha value is -6.42. The molecule has 11 rings (SSSR count). The highest BCUT2D eigenvalue weighted by molar-refractivity contribution is 7.22. The van der Waals surface area contributed by atoms with Crippen LogP contribution in [0.1, 0.15) is 105 Å². The zero-order valence-electron chi connectivity index (χ0n) is 41.6. The van der Waals surface area contributed by atoms with Crippen LogP contribution in [-0.2, 0) is 21.7 Å². The summed E-state index contributed by atoms with van der Waals surface area (Å²) in [5.41, 5.74) is 15.4. The van der Waals surface area contributed by atoms with Crippen molar-refractivity contribution in [3.05, 3.63) is 192 Å². The molecule has 3 heterocycles. The highest BCUT2D eigenvalue weighted by Crippen LogP contribution is 2.42. The summed E-state index contributed by atoms with van der Waals surface area (Å²) in [5, 5.41) is 10.9. The van der Waals surface area contributed by atoms with Crippen LogP contribution in [0.2, 0.25) is 0 Å². The fraction of sp³-hybridized carbons (Fsp3) is 0.250. The van der Waals surface area contributed by atoms with Gasteiger partial charge in [0.05, 0.1) is 22.1 Å². The van der Waals surface area contributed by atoms with Gasteiger partial charge in [0.1, 0.15) is 0 Å². The highest BCUT2D eigenvalue weighted by Gasteiger charge is 2.49. The van der Waals surface area contributed by atoms with Gasteiger partial charge in [0.2, 0.25) is 0 Å². The molecule has 2 nitrogen and oxygen atoms in total. The van der Waals surface area contributed by atoms with Gasteiger partial charge in [-0.05, 0) is 124 Å². The Labute approximate surface area is 398 Å². The smallest absolute Gasteiger partial charge is 0.180 e. The number of nitrogens with zero attached hydrogens (tertiary/aromatic N) is 2. The van der Waals surface area contributed by atoms with Gasteiger partial charge < -0.3 is 9.13 Å². The van der Waals surface area contributed by atoms with E-state index in [-0.39, 0.29) is 21.7 Å². The van der Waals surface area contributed by atoms with Crippen LogP contribution in [0, 0.1) is 0 Å². The quantitative estimate of drug-likeness (QED) is 0.156. The van der Waals surface area contributed by atoms with Gasteiger partial charge in [-0.3, -0.25) is 0 Å². The van der Waals surface area contributed by atoms with Crippen LogP contribution in [0.3, 0.4) is 0 Å². The van der Waals surface area contributed by atoms with E-state index in [1.165, 1.54) is 109 Å². The second kappa shape index (κ2) is 14.8. The Morgan fingerprint density at radius 3 is 0.851 bits per heavy atom. The number of fused-ring (bicyclic) bond motifs is 9. The van der Waals surface area contributed by atoms with Crippen molar-refractivity contribution in [2.75, 3.05) is 0 Å². The first-order valence-corrected chi connectivity index (χ1v) is 26.3. The van der Waals surface area contributed by atoms with Crippen LogP contribution in [0.4, 0.5) is 0 Å². The molecule has 0 fully saturated rings. The molecule has 1 aliphatic rings. The van der Waals surface area contributed by atoms with Gasteiger partial charge in [-0.15, -0.1) is 0 Å². The van der Waals surface area contributed by atoms with Crippen LogP contribution in [-0.4, -0.2) is 17.2 Å². The summed E-state index contributed by atoms with van der Waals surface area (Å²) >= 11 is 0. The lowest BCUT2D eigenvalue weighted by molar-refractivity contribution is 0.590. The van der Waals surface area contributed by atoms with Crippen molar-refractivity contribution in [3.63, 3.8) is 0 Å². The molecule has 0 spiro atoms. The van der Waals surface area contributed by atoms with Crippen LogP contribution >= 0.6 is 0 Å². The summed E-state index contributed by atoms with van der Waals surface area (Å²) in [6.07, 6.45) is 0. The van der Waals surface area contributed by atoms with Gasteiger partial charge in [-0.25, -0.2) is 0 Å². The maximum Gasteiger partial charge on any atom is 0.180 e. The minimum Gasteiger partial charge on any atom is -0.309 e. The van der Waals surface area contributed by atoms with Gasteiger partial charge in [0.25, 0.3) is 0 Å². The molecule has 0 atom stereocenters. The molecule has 1 aliphatic heterocycles. The van der Waals surface area contributed by atoms with E-state index in [4.69, 9.17) is 0 Å². The van der Waals surface area contributed by atoms with Gasteiger partial charge in [-0.2, -0.15) is 0 Å². The number of aromatic nitrogens is 2. The summed E-state index contributed by atoms with van der Waals surface area (Å²) in [6.45, 7) is 27.9. The molecule has 0 radical (unpaired) electrons. The molecule has 3 heteroatoms. The summed E-state index contributed by atoms with van der Waals surface area (Å²) in [4.78, 5) is 0. The third-order valence-corrected chi connectivity index (χ3v) is 19.9. The zero-order valence-corrected chi connectivity index (χ0v) is 42.6. The molecular weight excluding hydrogens is 825 g/mol. The molecule has 0 aliphatic carbocycles. The van der Waals surface area contributed by atoms with Crippen molar-refractivity contribution in [1.82, 2.24) is 9.13 Å². The van der Waals surface area contributed by atoms with Gasteiger partial charge >= 0.3 is 0 Å². The summed E-state index contributed by atoms with van der Waals surface area (Å²) in [7, 11) is -2.81. The lowest BCUT2D eigenvalue weighted by Crippen LogP contribution is -2.72. The number of hydrogen-bond donors (Lipinski definition) is 0. The molecule has 0 bridgehead atoms. The van der Waals surface area contributed by atoms with E-state index in [1.54, 1.807) is 0 Å². The van der Waals surface area contributed by atoms with Crippen LogP contribution in [0.25, 0.3) is 66.1 Å². The molecule has 0 N–H and O–H groups in total. The summed E-state index contributed by atoms with van der Waals surface area (Å²) < 4.78 is 5.14. The molecule has 67 heavy (non-hydrogen) atoms. The summed E-state index contributed by atoms with van der Waals surface area (Å²) in [6, 6.07) is 66.5. The van der Waals surface area contributed by atoms with Gasteiger partial charge in [0.15, 0.2) is 8.07 Å². The molecule has 0 amide bonds. The second-order valence-corrected chi connectivity index (χ2v) is 27.3. The van der Waals surface area contributed by atoms with E-state index in [0.717, 1.165) is 0 Å². The monoisotopic (exact) mass is 888 g/mol. The average Bonchev–Trinajstić information content (AvgIpc) is 3.91. The molecule has 0 unspecified atom stereocenters. The van der Waals surface area contributed by atoms with Crippen molar-refractivity contribution in [2.45, 2.75) is 105 Å². The normalized spacial score (nSPS) is 14.1. The first-order chi connectivity index (χ1) is 31.7. The molecule has 8 aromatic carbocycles. The molecule has 2 aromatic heterocycles. The molecule has 0 saturated carbocycles. The van der Waals surface area contributed by atoms with Crippen molar-refractivity contribution in [1.29, 1.82) is 0 Å². The van der Waals surface area contributed by atoms with E-state index >= 15 is 0 Å². The zero-order chi connectivity index (χ0) is 47.0. The maximum absolute atomic E-state index is 2.81. The number of rotatable bonds is 4. The third-order valence-electron chi connectivity index (χ3n) is 15.0.